The van der Waals surface area contributed by atoms with E-state index in [-0.39, 0.29) is 0 Å². The van der Waals surface area contributed by atoms with E-state index in [0.717, 1.165) is 0 Å². The number of hydrogen-bond acceptors (Lipinski definition) is 0. The summed E-state index contributed by atoms with van der Waals surface area (Å²) in [6, 6.07) is 162. The lowest BCUT2D eigenvalue weighted by Gasteiger charge is -2.02. The third kappa shape index (κ3) is 26.2. The van der Waals surface area contributed by atoms with Gasteiger partial charge in [0.2, 0.25) is 0 Å². The summed E-state index contributed by atoms with van der Waals surface area (Å²) < 4.78 is 0. The van der Waals surface area contributed by atoms with Crippen molar-refractivity contribution in [3.8, 4) is 0 Å². The van der Waals surface area contributed by atoms with E-state index in [1.54, 1.807) is 0 Å². The first-order chi connectivity index (χ1) is 59.6. The van der Waals surface area contributed by atoms with E-state index in [4.69, 9.17) is 0 Å². The zero-order chi connectivity index (χ0) is 85.9. The van der Waals surface area contributed by atoms with Crippen molar-refractivity contribution in [2.24, 2.45) is 0 Å². The van der Waals surface area contributed by atoms with Crippen molar-refractivity contribution in [1.82, 2.24) is 0 Å². The molecule has 0 unspecified atom stereocenters. The van der Waals surface area contributed by atoms with Crippen LogP contribution in [0, 0.1) is 0 Å². The van der Waals surface area contributed by atoms with Crippen LogP contribution in [0.1, 0.15) is 111 Å². The molecule has 22 aromatic carbocycles. The Bertz CT molecular complexity index is 5410. The summed E-state index contributed by atoms with van der Waals surface area (Å²) in [7, 11) is 0. The van der Waals surface area contributed by atoms with Crippen LogP contribution in [-0.4, -0.2) is 0 Å². The second-order valence-corrected chi connectivity index (χ2v) is 25.8. The Morgan fingerprint density at radius 2 is 0.150 bits per heavy atom. The van der Waals surface area contributed by atoms with Crippen LogP contribution in [0.3, 0.4) is 0 Å². The van der Waals surface area contributed by atoms with E-state index < -0.39 is 0 Å². The summed E-state index contributed by atoms with van der Waals surface area (Å²) in [5.74, 6) is 0. The van der Waals surface area contributed by atoms with Crippen LogP contribution in [0.15, 0.2) is 461 Å². The second-order valence-electron chi connectivity index (χ2n) is 25.8. The molecule has 120 heavy (non-hydrogen) atoms. The maximum absolute atomic E-state index is 2.24. The van der Waals surface area contributed by atoms with Gasteiger partial charge in [0.05, 0.1) is 0 Å². The highest BCUT2D eigenvalue weighted by Crippen LogP contribution is 2.30. The Morgan fingerprint density at radius 1 is 0.0750 bits per heavy atom. The van der Waals surface area contributed by atoms with Crippen LogP contribution in [0.2, 0.25) is 0 Å². The lowest BCUT2D eigenvalue weighted by atomic mass is 10.0. The molecule has 0 bridgehead atoms. The molecule has 0 spiro atoms. The Balaban J connectivity index is 0.000000185. The highest BCUT2D eigenvalue weighted by Gasteiger charge is 2.03. The molecule has 0 saturated heterocycles. The minimum atomic E-state index is 1.31. The summed E-state index contributed by atoms with van der Waals surface area (Å²) in [5.41, 5.74) is 0. The fourth-order valence-electron chi connectivity index (χ4n) is 13.9. The molecule has 0 amide bonds. The van der Waals surface area contributed by atoms with Crippen LogP contribution >= 0.6 is 0 Å². The molecule has 0 atom stereocenters. The van der Waals surface area contributed by atoms with E-state index in [1.165, 1.54) is 151 Å². The molecular weight excluding hydrogens is 1440 g/mol. The molecule has 0 aliphatic heterocycles. The van der Waals surface area contributed by atoms with E-state index in [1.807, 2.05) is 111 Å². The molecule has 22 rings (SSSR count). The third-order valence-electron chi connectivity index (χ3n) is 19.2. The van der Waals surface area contributed by atoms with Gasteiger partial charge in [0.1, 0.15) is 0 Å². The zero-order valence-corrected chi connectivity index (χ0v) is 73.9. The molecular formula is C120H124. The summed E-state index contributed by atoms with van der Waals surface area (Å²) in [5, 5.41) is 36.9. The predicted octanol–water partition coefficient (Wildman–Crippen LogP) is 37.8. The van der Waals surface area contributed by atoms with E-state index in [0.29, 0.717) is 0 Å². The molecule has 0 heteroatoms. The van der Waals surface area contributed by atoms with Crippen LogP contribution < -0.4 is 0 Å². The maximum atomic E-state index is 2.24. The van der Waals surface area contributed by atoms with Crippen molar-refractivity contribution in [2.45, 2.75) is 111 Å². The van der Waals surface area contributed by atoms with Crippen molar-refractivity contribution >= 4 is 151 Å². The van der Waals surface area contributed by atoms with Crippen molar-refractivity contribution in [3.05, 3.63) is 461 Å². The van der Waals surface area contributed by atoms with Crippen molar-refractivity contribution < 1.29 is 0 Å². The lowest BCUT2D eigenvalue weighted by molar-refractivity contribution is 1.50. The van der Waals surface area contributed by atoms with Gasteiger partial charge in [0.25, 0.3) is 0 Å². The highest BCUT2D eigenvalue weighted by molar-refractivity contribution is 6.10. The first-order valence-electron chi connectivity index (χ1n) is 43.7. The topological polar surface area (TPSA) is 0 Å². The monoisotopic (exact) mass is 1560 g/mol. The molecule has 0 fully saturated rings. The van der Waals surface area contributed by atoms with Gasteiger partial charge in [-0.3, -0.25) is 0 Å². The normalized spacial score (nSPS) is 9.67. The molecule has 0 saturated carbocycles. The average molecular weight is 1570 g/mol. The highest BCUT2D eigenvalue weighted by atomic mass is 14.1. The van der Waals surface area contributed by atoms with Crippen LogP contribution in [0.5, 0.6) is 0 Å². The van der Waals surface area contributed by atoms with Gasteiger partial charge in [0.15, 0.2) is 0 Å². The van der Waals surface area contributed by atoms with E-state index >= 15 is 0 Å². The predicted molar refractivity (Wildman–Crippen MR) is 547 cm³/mol. The van der Waals surface area contributed by atoms with Gasteiger partial charge in [-0.05, 0) is 175 Å². The maximum Gasteiger partial charge on any atom is -0.0105 e. The Hall–Kier alpha value is -13.5. The summed E-state index contributed by atoms with van der Waals surface area (Å²) in [4.78, 5) is 0. The molecule has 0 aliphatic carbocycles. The van der Waals surface area contributed by atoms with Crippen LogP contribution in [0.25, 0.3) is 151 Å². The van der Waals surface area contributed by atoms with Gasteiger partial charge in [-0.25, -0.2) is 0 Å². The van der Waals surface area contributed by atoms with E-state index in [2.05, 4.69) is 461 Å². The number of rotatable bonds is 0. The van der Waals surface area contributed by atoms with Crippen LogP contribution in [0.4, 0.5) is 0 Å². The van der Waals surface area contributed by atoms with Gasteiger partial charge in [-0.15, -0.1) is 0 Å². The Labute approximate surface area is 717 Å². The van der Waals surface area contributed by atoms with Gasteiger partial charge < -0.3 is 0 Å². The third-order valence-corrected chi connectivity index (χ3v) is 19.2. The van der Waals surface area contributed by atoms with Gasteiger partial charge in [-0.2, -0.15) is 0 Å². The number of fused-ring (bicyclic) bond motifs is 18. The zero-order valence-electron chi connectivity index (χ0n) is 73.9. The standard InChI is InChI=1S/6C14H10.2C10H8.8C2H6/c4*1-3-7-13-11(5-1)9-10-12-6-2-4-8-14(12)13;2*1-2-6-12-10-14-8-4-3-7-13(14)9-11(12)5-1;2*1-2-6-10-8-4-3-7-9(10)5-1;8*1-2/h6*1-10H;2*1-8H;8*1-2H3. The van der Waals surface area contributed by atoms with Crippen molar-refractivity contribution in [1.29, 1.82) is 0 Å². The largest absolute Gasteiger partial charge is 0.0683 e. The molecule has 0 heterocycles. The van der Waals surface area contributed by atoms with Crippen molar-refractivity contribution in [2.75, 3.05) is 0 Å². The minimum absolute atomic E-state index is 1.31. The Kier molecular flexibility index (Phi) is 41.9. The SMILES string of the molecule is CC.CC.CC.CC.CC.CC.CC.CC.c1ccc2c(c1)ccc1ccccc12.c1ccc2c(c1)ccc1ccccc12.c1ccc2c(c1)ccc1ccccc12.c1ccc2c(c1)ccc1ccccc12.c1ccc2cc3ccccc3cc2c1.c1ccc2cc3ccccc3cc2c1.c1ccc2ccccc2c1.c1ccc2ccccc2c1. The fraction of sp³-hybridized carbons (Fsp3) is 0.133. The molecule has 0 aliphatic rings. The first-order valence-corrected chi connectivity index (χ1v) is 43.7. The fourth-order valence-corrected chi connectivity index (χ4v) is 13.9. The van der Waals surface area contributed by atoms with Crippen molar-refractivity contribution in [3.63, 3.8) is 0 Å². The second kappa shape index (κ2) is 53.7. The average Bonchev–Trinajstić information content (AvgIpc) is 0.800. The van der Waals surface area contributed by atoms with Gasteiger partial charge in [-0.1, -0.05) is 548 Å². The minimum Gasteiger partial charge on any atom is -0.0683 e. The molecule has 0 aromatic heterocycles. The molecule has 0 N–H and O–H groups in total. The number of hydrogen-bond donors (Lipinski definition) is 0. The summed E-state index contributed by atoms with van der Waals surface area (Å²) in [6.07, 6.45) is 0. The van der Waals surface area contributed by atoms with Crippen LogP contribution in [-0.2, 0) is 0 Å². The summed E-state index contributed by atoms with van der Waals surface area (Å²) in [6.45, 7) is 32.0. The van der Waals surface area contributed by atoms with Gasteiger partial charge in [0, 0.05) is 0 Å². The van der Waals surface area contributed by atoms with E-state index in [9.17, 15) is 0 Å². The number of benzene rings is 22. The lowest BCUT2D eigenvalue weighted by Crippen LogP contribution is -1.75. The smallest absolute Gasteiger partial charge is 0.0105 e. The molecule has 604 valence electrons. The first kappa shape index (κ1) is 93.6. The summed E-state index contributed by atoms with van der Waals surface area (Å²) >= 11 is 0. The molecule has 22 aromatic rings. The van der Waals surface area contributed by atoms with Gasteiger partial charge >= 0.3 is 0 Å². The molecule has 0 nitrogen and oxygen atoms in total. The Morgan fingerprint density at radius 3 is 0.250 bits per heavy atom. The molecule has 0 radical (unpaired) electrons. The quantitative estimate of drug-likeness (QED) is 0.105.